The predicted octanol–water partition coefficient (Wildman–Crippen LogP) is 21.5. The zero-order valence-corrected chi connectivity index (χ0v) is 45.8. The van der Waals surface area contributed by atoms with Gasteiger partial charge in [-0.15, -0.1) is 0 Å². The third-order valence-corrected chi connectivity index (χ3v) is 18.2. The van der Waals surface area contributed by atoms with Crippen LogP contribution in [-0.4, -0.2) is 14.0 Å². The van der Waals surface area contributed by atoms with Crippen LogP contribution in [0.5, 0.6) is 0 Å². The van der Waals surface area contributed by atoms with Gasteiger partial charge in [-0.25, -0.2) is 4.98 Å². The molecule has 0 spiro atoms. The number of benzene rings is 13. The van der Waals surface area contributed by atoms with Gasteiger partial charge >= 0.3 is 0 Å². The fourth-order valence-electron chi connectivity index (χ4n) is 14.6. The topological polar surface area (TPSA) is 46.0 Å². The number of para-hydroxylation sites is 3. The number of imidazole rings is 2. The van der Waals surface area contributed by atoms with E-state index in [1.54, 1.807) is 6.07 Å². The molecule has 85 heavy (non-hydrogen) atoms. The number of hydrogen-bond acceptors (Lipinski definition) is 2. The molecule has 4 heteroatoms. The minimum absolute atomic E-state index is 0.227. The highest BCUT2D eigenvalue weighted by Gasteiger charge is 2.26. The fraction of sp³-hybridized carbons (Fsp3) is 0.0123. The molecular weight excluding hydrogens is 1030 g/mol. The molecule has 2 aromatic heterocycles. The summed E-state index contributed by atoms with van der Waals surface area (Å²) in [6.07, 6.45) is 0. The van der Waals surface area contributed by atoms with Gasteiger partial charge in [0.15, 0.2) is 0 Å². The second-order valence-electron chi connectivity index (χ2n) is 22.5. The number of fused-ring (bicyclic) bond motifs is 23. The van der Waals surface area contributed by atoms with E-state index in [0.29, 0.717) is 16.9 Å². The number of aryl methyl sites for hydroxylation is 1. The number of nitriles is 1. The number of aromatic nitrogens is 3. The molecule has 3 aliphatic rings. The van der Waals surface area contributed by atoms with Gasteiger partial charge in [-0.1, -0.05) is 231 Å². The molecule has 3 aliphatic carbocycles. The van der Waals surface area contributed by atoms with Crippen molar-refractivity contribution in [3.63, 3.8) is 0 Å². The molecule has 0 saturated heterocycles. The average molecular weight is 1080 g/mol. The summed E-state index contributed by atoms with van der Waals surface area (Å²) in [7, 11) is 0. The van der Waals surface area contributed by atoms with Crippen molar-refractivity contribution < 1.29 is 4.11 Å². The fourth-order valence-corrected chi connectivity index (χ4v) is 14.6. The molecule has 0 unspecified atom stereocenters. The van der Waals surface area contributed by atoms with E-state index in [0.717, 1.165) is 111 Å². The van der Waals surface area contributed by atoms with Crippen LogP contribution in [0, 0.1) is 18.2 Å². The zero-order chi connectivity index (χ0) is 58.5. The lowest BCUT2D eigenvalue weighted by Crippen LogP contribution is -2.00. The molecule has 0 fully saturated rings. The van der Waals surface area contributed by atoms with Crippen molar-refractivity contribution in [1.29, 1.82) is 5.26 Å². The van der Waals surface area contributed by atoms with Crippen LogP contribution in [-0.2, 0) is 0 Å². The normalized spacial score (nSPS) is 12.7. The summed E-state index contributed by atoms with van der Waals surface area (Å²) in [6, 6.07) is 100. The summed E-state index contributed by atoms with van der Waals surface area (Å²) in [5, 5.41) is 25.7. The Labute approximate surface area is 493 Å². The molecule has 0 amide bonds. The summed E-state index contributed by atoms with van der Waals surface area (Å²) < 4.78 is 29.5. The van der Waals surface area contributed by atoms with Gasteiger partial charge in [0, 0.05) is 20.9 Å². The maximum atomic E-state index is 11.6. The van der Waals surface area contributed by atoms with Crippen LogP contribution >= 0.6 is 0 Å². The van der Waals surface area contributed by atoms with E-state index < -0.39 is 6.85 Å². The van der Waals surface area contributed by atoms with E-state index in [1.807, 2.05) is 24.3 Å². The highest BCUT2D eigenvalue weighted by molar-refractivity contribution is 6.32. The van der Waals surface area contributed by atoms with Crippen LogP contribution in [0.1, 0.15) is 15.2 Å². The second kappa shape index (κ2) is 18.1. The highest BCUT2D eigenvalue weighted by atomic mass is 15.2. The lowest BCUT2D eigenvalue weighted by Gasteiger charge is -2.24. The number of hydrogen-bond donors (Lipinski definition) is 0. The van der Waals surface area contributed by atoms with Crippen LogP contribution in [0.15, 0.2) is 273 Å². The first-order valence-corrected chi connectivity index (χ1v) is 28.9. The van der Waals surface area contributed by atoms with E-state index in [2.05, 4.69) is 258 Å². The van der Waals surface area contributed by atoms with Crippen molar-refractivity contribution in [2.24, 2.45) is 0 Å². The van der Waals surface area contributed by atoms with Crippen molar-refractivity contribution in [3.05, 3.63) is 284 Å². The van der Waals surface area contributed by atoms with Gasteiger partial charge in [0.05, 0.1) is 27.6 Å². The van der Waals surface area contributed by atoms with Crippen LogP contribution in [0.2, 0.25) is 0 Å². The van der Waals surface area contributed by atoms with Crippen LogP contribution in [0.25, 0.3) is 176 Å². The summed E-state index contributed by atoms with van der Waals surface area (Å²) in [5.41, 5.74) is 19.5. The quantitative estimate of drug-likeness (QED) is 0.177. The first-order valence-electron chi connectivity index (χ1n) is 30.4. The van der Waals surface area contributed by atoms with E-state index in [4.69, 9.17) is 9.10 Å². The lowest BCUT2D eigenvalue weighted by atomic mass is 9.79. The predicted molar refractivity (Wildman–Crippen MR) is 356 cm³/mol. The Balaban J connectivity index is 0.833. The molecule has 0 atom stereocenters. The molecule has 0 radical (unpaired) electrons. The SMILES string of the molecule is [2H]C([2H])([2H])c1cccc2c1nc1n(-c3ccc4c(c3)-c3ccccc3-c3cc(-c5cccc(-c6ccc7c8cccc9c8-c8c(cccc8c8ccccc8c7c6)c6ccccc6c6ccccc96)c5C#N)ccc3-c3ccccc3-4)c3ccccc3n21. The zero-order valence-electron chi connectivity index (χ0n) is 48.8. The average Bonchev–Trinajstić information content (AvgIpc) is 1.26. The molecule has 2 heterocycles. The minimum atomic E-state index is -2.34. The molecule has 13 aromatic carbocycles. The summed E-state index contributed by atoms with van der Waals surface area (Å²) in [4.78, 5) is 5.15. The monoisotopic (exact) mass is 1080 g/mol. The Morgan fingerprint density at radius 1 is 0.329 bits per heavy atom. The standard InChI is InChI=1S/C81H48N4/c1-48-18-14-37-77-80(48)83-81-84(75-35-12-13-36-76(75)85(77)81)51-40-43-65-57-22-3-2-21-56(57)64-41-38-49(44-71(64)62-27-10-11-28-63(62)73(65)46-51)52-29-15-30-53(74(52)47-82)50-39-42-66-70-34-17-32-68-59-24-7-5-20-55(59)54-19-4-6-23-58(54)67-31-16-33-69(78(67)79(68)70)60-25-8-9-26-61(60)72(66)45-50/h2-46H,1H3/i1D3. The minimum Gasteiger partial charge on any atom is -0.278 e. The lowest BCUT2D eigenvalue weighted by molar-refractivity contribution is 1.11. The van der Waals surface area contributed by atoms with Gasteiger partial charge < -0.3 is 0 Å². The maximum absolute atomic E-state index is 11.6. The Morgan fingerprint density at radius 3 is 1.31 bits per heavy atom. The van der Waals surface area contributed by atoms with Crippen molar-refractivity contribution in [3.8, 4) is 89.6 Å². The van der Waals surface area contributed by atoms with Gasteiger partial charge in [-0.3, -0.25) is 8.97 Å². The van der Waals surface area contributed by atoms with Crippen molar-refractivity contribution in [2.45, 2.75) is 6.85 Å². The molecule has 0 aliphatic heterocycles. The van der Waals surface area contributed by atoms with Crippen molar-refractivity contribution >= 4 is 92.5 Å². The van der Waals surface area contributed by atoms with Gasteiger partial charge in [0.1, 0.15) is 6.07 Å². The Hall–Kier alpha value is -11.4. The Morgan fingerprint density at radius 2 is 0.729 bits per heavy atom. The molecule has 4 nitrogen and oxygen atoms in total. The smallest absolute Gasteiger partial charge is 0.220 e. The van der Waals surface area contributed by atoms with Gasteiger partial charge in [0.25, 0.3) is 0 Å². The third-order valence-electron chi connectivity index (χ3n) is 18.2. The van der Waals surface area contributed by atoms with Crippen LogP contribution in [0.3, 0.4) is 0 Å². The second-order valence-corrected chi connectivity index (χ2v) is 22.5. The molecule has 0 saturated carbocycles. The maximum Gasteiger partial charge on any atom is 0.220 e. The number of nitrogens with zero attached hydrogens (tertiary/aromatic N) is 4. The summed E-state index contributed by atoms with van der Waals surface area (Å²) in [5.74, 6) is 0.636. The van der Waals surface area contributed by atoms with Gasteiger partial charge in [-0.2, -0.15) is 5.26 Å². The van der Waals surface area contributed by atoms with Crippen molar-refractivity contribution in [2.75, 3.05) is 0 Å². The van der Waals surface area contributed by atoms with Gasteiger partial charge in [-0.05, 0) is 186 Å². The van der Waals surface area contributed by atoms with E-state index in [-0.39, 0.29) is 5.56 Å². The molecule has 392 valence electrons. The highest BCUT2D eigenvalue weighted by Crippen LogP contribution is 2.51. The Bertz CT molecular complexity index is 5960. The van der Waals surface area contributed by atoms with E-state index in [1.165, 1.54) is 54.2 Å². The number of rotatable bonds is 3. The molecule has 15 aromatic rings. The summed E-state index contributed by atoms with van der Waals surface area (Å²) >= 11 is 0. The van der Waals surface area contributed by atoms with Gasteiger partial charge in [0.2, 0.25) is 5.78 Å². The Kier molecular flexibility index (Phi) is 9.41. The summed E-state index contributed by atoms with van der Waals surface area (Å²) in [6.45, 7) is -2.34. The first kappa shape index (κ1) is 44.3. The molecule has 0 bridgehead atoms. The van der Waals surface area contributed by atoms with E-state index >= 15 is 0 Å². The van der Waals surface area contributed by atoms with E-state index in [9.17, 15) is 5.26 Å². The van der Waals surface area contributed by atoms with Crippen LogP contribution in [0.4, 0.5) is 0 Å². The largest absolute Gasteiger partial charge is 0.278 e. The van der Waals surface area contributed by atoms with Crippen molar-refractivity contribution in [1.82, 2.24) is 14.0 Å². The molecule has 18 rings (SSSR count). The van der Waals surface area contributed by atoms with Crippen LogP contribution < -0.4 is 0 Å². The molecular formula is C81H48N4. The third kappa shape index (κ3) is 6.75. The molecule has 0 N–H and O–H groups in total. The first-order chi connectivity index (χ1) is 43.3.